The van der Waals surface area contributed by atoms with E-state index in [0.29, 0.717) is 39.4 Å². The van der Waals surface area contributed by atoms with Gasteiger partial charge in [0.15, 0.2) is 5.65 Å². The summed E-state index contributed by atoms with van der Waals surface area (Å²) in [5.74, 6) is 0.499. The fraction of sp³-hybridized carbons (Fsp3) is 0.278. The van der Waals surface area contributed by atoms with Gasteiger partial charge >= 0.3 is 0 Å². The van der Waals surface area contributed by atoms with Crippen LogP contribution in [0.3, 0.4) is 0 Å². The highest BCUT2D eigenvalue weighted by molar-refractivity contribution is 6.36. The first-order chi connectivity index (χ1) is 12.0. The maximum Gasteiger partial charge on any atom is 0.252 e. The molecule has 7 heteroatoms. The van der Waals surface area contributed by atoms with Crippen LogP contribution in [-0.2, 0) is 7.05 Å². The molecule has 2 heterocycles. The van der Waals surface area contributed by atoms with E-state index in [-0.39, 0.29) is 5.91 Å². The lowest BCUT2D eigenvalue weighted by molar-refractivity contribution is 0.0953. The van der Waals surface area contributed by atoms with E-state index in [4.69, 9.17) is 23.2 Å². The summed E-state index contributed by atoms with van der Waals surface area (Å²) in [6.45, 7) is 0.708. The summed E-state index contributed by atoms with van der Waals surface area (Å²) in [6, 6.07) is 6.99. The monoisotopic (exact) mass is 374 g/mol. The number of aromatic nitrogens is 3. The van der Waals surface area contributed by atoms with Crippen molar-refractivity contribution in [2.45, 2.75) is 12.8 Å². The van der Waals surface area contributed by atoms with Crippen LogP contribution >= 0.6 is 23.2 Å². The van der Waals surface area contributed by atoms with Gasteiger partial charge in [-0.1, -0.05) is 23.2 Å². The molecule has 128 valence electrons. The molecule has 1 saturated carbocycles. The van der Waals surface area contributed by atoms with E-state index >= 15 is 0 Å². The first-order valence-corrected chi connectivity index (χ1v) is 8.85. The van der Waals surface area contributed by atoms with Gasteiger partial charge in [0.1, 0.15) is 0 Å². The third-order valence-electron chi connectivity index (χ3n) is 4.40. The van der Waals surface area contributed by atoms with E-state index in [2.05, 4.69) is 15.4 Å². The van der Waals surface area contributed by atoms with Crippen molar-refractivity contribution in [1.82, 2.24) is 20.1 Å². The van der Waals surface area contributed by atoms with Crippen LogP contribution in [0.25, 0.3) is 22.3 Å². The fourth-order valence-corrected chi connectivity index (χ4v) is 3.30. The van der Waals surface area contributed by atoms with Gasteiger partial charge in [-0.15, -0.1) is 0 Å². The van der Waals surface area contributed by atoms with Crippen molar-refractivity contribution < 1.29 is 4.79 Å². The molecule has 1 aromatic carbocycles. The largest absolute Gasteiger partial charge is 0.352 e. The lowest BCUT2D eigenvalue weighted by atomic mass is 10.1. The van der Waals surface area contributed by atoms with Crippen molar-refractivity contribution in [2.75, 3.05) is 6.54 Å². The first kappa shape index (κ1) is 16.4. The Kier molecular flexibility index (Phi) is 4.13. The molecule has 1 aliphatic rings. The van der Waals surface area contributed by atoms with Crippen molar-refractivity contribution in [3.63, 3.8) is 0 Å². The minimum atomic E-state index is -0.112. The summed E-state index contributed by atoms with van der Waals surface area (Å²) < 4.78 is 1.65. The summed E-state index contributed by atoms with van der Waals surface area (Å²) in [6.07, 6.45) is 4.04. The SMILES string of the molecule is Cn1ncc2c(C(=O)NCC3CC3)cc(-c3ccc(Cl)cc3Cl)nc21. The molecule has 1 aliphatic carbocycles. The van der Waals surface area contributed by atoms with Crippen LogP contribution in [0.4, 0.5) is 0 Å². The summed E-state index contributed by atoms with van der Waals surface area (Å²) in [5.41, 5.74) is 2.54. The average molecular weight is 375 g/mol. The molecule has 2 aromatic heterocycles. The van der Waals surface area contributed by atoms with Gasteiger partial charge in [-0.25, -0.2) is 4.98 Å². The predicted octanol–water partition coefficient (Wildman–Crippen LogP) is 4.08. The number of halogens is 2. The second-order valence-corrected chi connectivity index (χ2v) is 7.18. The first-order valence-electron chi connectivity index (χ1n) is 8.09. The van der Waals surface area contributed by atoms with Gasteiger partial charge in [0, 0.05) is 24.2 Å². The number of carbonyl (C=O) groups excluding carboxylic acids is 1. The molecule has 0 radical (unpaired) electrons. The Morgan fingerprint density at radius 1 is 1.32 bits per heavy atom. The summed E-state index contributed by atoms with van der Waals surface area (Å²) in [7, 11) is 1.80. The van der Waals surface area contributed by atoms with Gasteiger partial charge in [-0.2, -0.15) is 5.10 Å². The number of nitrogens with one attached hydrogen (secondary N) is 1. The van der Waals surface area contributed by atoms with Crippen LogP contribution in [0.1, 0.15) is 23.2 Å². The van der Waals surface area contributed by atoms with Gasteiger partial charge in [-0.05, 0) is 43.0 Å². The highest BCUT2D eigenvalue weighted by atomic mass is 35.5. The molecule has 25 heavy (non-hydrogen) atoms. The number of hydrogen-bond acceptors (Lipinski definition) is 3. The fourth-order valence-electron chi connectivity index (χ4n) is 2.79. The Hall–Kier alpha value is -2.11. The Morgan fingerprint density at radius 2 is 2.12 bits per heavy atom. The molecule has 1 fully saturated rings. The van der Waals surface area contributed by atoms with E-state index in [0.717, 1.165) is 10.9 Å². The Bertz CT molecular complexity index is 979. The molecule has 0 bridgehead atoms. The molecule has 1 N–H and O–H groups in total. The van der Waals surface area contributed by atoms with Gasteiger partial charge in [-0.3, -0.25) is 9.48 Å². The van der Waals surface area contributed by atoms with Crippen molar-refractivity contribution in [2.24, 2.45) is 13.0 Å². The normalized spacial score (nSPS) is 14.0. The van der Waals surface area contributed by atoms with E-state index < -0.39 is 0 Å². The number of aryl methyl sites for hydroxylation is 1. The smallest absolute Gasteiger partial charge is 0.252 e. The van der Waals surface area contributed by atoms with Crippen LogP contribution in [0.15, 0.2) is 30.5 Å². The molecule has 0 saturated heterocycles. The summed E-state index contributed by atoms with van der Waals surface area (Å²) in [5, 5.41) is 9.02. The minimum Gasteiger partial charge on any atom is -0.352 e. The Morgan fingerprint density at radius 3 is 2.84 bits per heavy atom. The van der Waals surface area contributed by atoms with E-state index in [1.54, 1.807) is 42.2 Å². The molecule has 0 spiro atoms. The molecule has 4 rings (SSSR count). The molecule has 3 aromatic rings. The number of amides is 1. The average Bonchev–Trinajstić information content (AvgIpc) is 3.35. The van der Waals surface area contributed by atoms with Crippen LogP contribution in [0.2, 0.25) is 10.0 Å². The second-order valence-electron chi connectivity index (χ2n) is 6.34. The van der Waals surface area contributed by atoms with Gasteiger partial charge in [0.25, 0.3) is 5.91 Å². The number of benzene rings is 1. The number of rotatable bonds is 4. The third-order valence-corrected chi connectivity index (χ3v) is 4.95. The predicted molar refractivity (Wildman–Crippen MR) is 99.0 cm³/mol. The molecular formula is C18H16Cl2N4O. The minimum absolute atomic E-state index is 0.112. The van der Waals surface area contributed by atoms with Crippen LogP contribution in [0.5, 0.6) is 0 Å². The van der Waals surface area contributed by atoms with E-state index in [9.17, 15) is 4.79 Å². The standard InChI is InChI=1S/C18H16Cl2N4O/c1-24-17-14(9-22-24)13(18(25)21-8-10-2-3-10)7-16(23-17)12-5-4-11(19)6-15(12)20/h4-7,9-10H,2-3,8H2,1H3,(H,21,25). The quantitative estimate of drug-likeness (QED) is 0.748. The zero-order valence-electron chi connectivity index (χ0n) is 13.6. The lowest BCUT2D eigenvalue weighted by Crippen LogP contribution is -2.25. The van der Waals surface area contributed by atoms with Crippen molar-refractivity contribution in [1.29, 1.82) is 0 Å². The van der Waals surface area contributed by atoms with Crippen LogP contribution in [-0.4, -0.2) is 27.2 Å². The Balaban J connectivity index is 1.82. The second kappa shape index (κ2) is 6.32. The van der Waals surface area contributed by atoms with E-state index in [1.807, 2.05) is 0 Å². The molecule has 0 unspecified atom stereocenters. The zero-order valence-corrected chi connectivity index (χ0v) is 15.1. The molecule has 5 nitrogen and oxygen atoms in total. The lowest BCUT2D eigenvalue weighted by Gasteiger charge is -2.10. The van der Waals surface area contributed by atoms with Crippen LogP contribution in [0, 0.1) is 5.92 Å². The van der Waals surface area contributed by atoms with Crippen molar-refractivity contribution in [3.8, 4) is 11.3 Å². The van der Waals surface area contributed by atoms with Gasteiger partial charge in [0.05, 0.1) is 27.9 Å². The molecule has 0 atom stereocenters. The zero-order chi connectivity index (χ0) is 17.6. The van der Waals surface area contributed by atoms with Crippen LogP contribution < -0.4 is 5.32 Å². The number of hydrogen-bond donors (Lipinski definition) is 1. The third kappa shape index (κ3) is 3.22. The highest BCUT2D eigenvalue weighted by Gasteiger charge is 2.23. The number of nitrogens with zero attached hydrogens (tertiary/aromatic N) is 3. The number of fused-ring (bicyclic) bond motifs is 1. The molecule has 0 aliphatic heterocycles. The summed E-state index contributed by atoms with van der Waals surface area (Å²) >= 11 is 12.3. The van der Waals surface area contributed by atoms with E-state index in [1.165, 1.54) is 12.8 Å². The highest BCUT2D eigenvalue weighted by Crippen LogP contribution is 2.32. The van der Waals surface area contributed by atoms with Gasteiger partial charge in [0.2, 0.25) is 0 Å². The van der Waals surface area contributed by atoms with Crippen molar-refractivity contribution >= 4 is 40.1 Å². The Labute approximate surface area is 154 Å². The maximum absolute atomic E-state index is 12.7. The molecular weight excluding hydrogens is 359 g/mol. The number of carbonyl (C=O) groups is 1. The topological polar surface area (TPSA) is 59.8 Å². The van der Waals surface area contributed by atoms with Crippen molar-refractivity contribution in [3.05, 3.63) is 46.1 Å². The molecule has 1 amide bonds. The summed E-state index contributed by atoms with van der Waals surface area (Å²) in [4.78, 5) is 17.3. The number of pyridine rings is 1. The maximum atomic E-state index is 12.7. The van der Waals surface area contributed by atoms with Gasteiger partial charge < -0.3 is 5.32 Å².